The number of aliphatic hydroxyl groups is 1. The first-order valence-electron chi connectivity index (χ1n) is 6.16. The van der Waals surface area contributed by atoms with Crippen LogP contribution in [0.1, 0.15) is 15.9 Å². The van der Waals surface area contributed by atoms with Gasteiger partial charge in [-0.3, -0.25) is 14.9 Å². The number of nitro groups is 1. The molecule has 1 aromatic carbocycles. The molecule has 1 rings (SSSR count). The maximum atomic E-state index is 12.4. The number of aliphatic hydroxyl groups excluding tert-OH is 1. The lowest BCUT2D eigenvalue weighted by molar-refractivity contribution is -0.385. The van der Waals surface area contributed by atoms with E-state index in [1.54, 1.807) is 13.0 Å². The molecule has 0 heterocycles. The molecule has 0 saturated heterocycles. The Bertz CT molecular complexity index is 490. The first-order chi connectivity index (χ1) is 9.52. The summed E-state index contributed by atoms with van der Waals surface area (Å²) in [6, 6.07) is 4.38. The van der Waals surface area contributed by atoms with E-state index in [-0.39, 0.29) is 30.3 Å². The van der Waals surface area contributed by atoms with Gasteiger partial charge in [0, 0.05) is 37.4 Å². The Labute approximate surface area is 116 Å². The molecular formula is C13H18N2O5. The van der Waals surface area contributed by atoms with Crippen molar-refractivity contribution >= 4 is 11.6 Å². The van der Waals surface area contributed by atoms with Gasteiger partial charge in [-0.25, -0.2) is 0 Å². The minimum absolute atomic E-state index is 0.0912. The summed E-state index contributed by atoms with van der Waals surface area (Å²) >= 11 is 0. The minimum atomic E-state index is -0.516. The number of ether oxygens (including phenoxy) is 1. The molecule has 0 radical (unpaired) electrons. The molecule has 110 valence electrons. The largest absolute Gasteiger partial charge is 0.395 e. The van der Waals surface area contributed by atoms with E-state index in [0.29, 0.717) is 18.7 Å². The summed E-state index contributed by atoms with van der Waals surface area (Å²) < 4.78 is 4.91. The molecule has 0 aliphatic carbocycles. The second-order valence-electron chi connectivity index (χ2n) is 4.22. The van der Waals surface area contributed by atoms with Crippen LogP contribution in [0.2, 0.25) is 0 Å². The number of nitro benzene ring substituents is 1. The van der Waals surface area contributed by atoms with Crippen LogP contribution in [0.25, 0.3) is 0 Å². The van der Waals surface area contributed by atoms with Crippen LogP contribution in [-0.4, -0.2) is 54.3 Å². The van der Waals surface area contributed by atoms with Crippen LogP contribution in [0.4, 0.5) is 5.69 Å². The lowest BCUT2D eigenvalue weighted by Crippen LogP contribution is -2.36. The van der Waals surface area contributed by atoms with Crippen molar-refractivity contribution in [2.75, 3.05) is 33.4 Å². The van der Waals surface area contributed by atoms with E-state index in [4.69, 9.17) is 9.84 Å². The van der Waals surface area contributed by atoms with Gasteiger partial charge >= 0.3 is 0 Å². The van der Waals surface area contributed by atoms with Crippen LogP contribution in [0, 0.1) is 17.0 Å². The molecule has 1 aromatic rings. The van der Waals surface area contributed by atoms with Gasteiger partial charge in [0.1, 0.15) is 0 Å². The molecule has 7 heteroatoms. The number of benzene rings is 1. The van der Waals surface area contributed by atoms with Crippen LogP contribution >= 0.6 is 0 Å². The van der Waals surface area contributed by atoms with Crippen molar-refractivity contribution in [3.05, 3.63) is 39.4 Å². The van der Waals surface area contributed by atoms with Gasteiger partial charge in [-0.05, 0) is 13.0 Å². The quantitative estimate of drug-likeness (QED) is 0.594. The van der Waals surface area contributed by atoms with Gasteiger partial charge in [-0.2, -0.15) is 0 Å². The van der Waals surface area contributed by atoms with Crippen molar-refractivity contribution in [3.63, 3.8) is 0 Å². The molecule has 0 atom stereocenters. The first kappa shape index (κ1) is 16.1. The Morgan fingerprint density at radius 2 is 2.15 bits per heavy atom. The second kappa shape index (κ2) is 7.56. The highest BCUT2D eigenvalue weighted by Gasteiger charge is 2.21. The van der Waals surface area contributed by atoms with E-state index in [2.05, 4.69) is 0 Å². The second-order valence-corrected chi connectivity index (χ2v) is 4.22. The predicted octanol–water partition coefficient (Wildman–Crippen LogP) is 0.984. The van der Waals surface area contributed by atoms with Gasteiger partial charge in [0.25, 0.3) is 11.6 Å². The van der Waals surface area contributed by atoms with E-state index >= 15 is 0 Å². The molecule has 0 aliphatic heterocycles. The smallest absolute Gasteiger partial charge is 0.273 e. The van der Waals surface area contributed by atoms with Gasteiger partial charge in [-0.1, -0.05) is 6.07 Å². The zero-order valence-electron chi connectivity index (χ0n) is 11.5. The highest BCUT2D eigenvalue weighted by Crippen LogP contribution is 2.22. The highest BCUT2D eigenvalue weighted by molar-refractivity contribution is 5.96. The molecule has 1 amide bonds. The number of hydrogen-bond donors (Lipinski definition) is 1. The van der Waals surface area contributed by atoms with E-state index in [0.717, 1.165) is 0 Å². The van der Waals surface area contributed by atoms with E-state index in [1.165, 1.54) is 24.1 Å². The Hall–Kier alpha value is -1.99. The fourth-order valence-electron chi connectivity index (χ4n) is 1.86. The number of carbonyl (C=O) groups is 1. The molecule has 20 heavy (non-hydrogen) atoms. The van der Waals surface area contributed by atoms with Gasteiger partial charge < -0.3 is 14.7 Å². The van der Waals surface area contributed by atoms with Crippen molar-refractivity contribution in [1.82, 2.24) is 4.90 Å². The van der Waals surface area contributed by atoms with Crippen LogP contribution in [-0.2, 0) is 4.74 Å². The zero-order valence-corrected chi connectivity index (χ0v) is 11.5. The maximum absolute atomic E-state index is 12.4. The third-order valence-corrected chi connectivity index (χ3v) is 2.95. The molecule has 0 bridgehead atoms. The van der Waals surface area contributed by atoms with Crippen LogP contribution in [0.5, 0.6) is 0 Å². The molecule has 1 N–H and O–H groups in total. The molecule has 0 saturated carbocycles. The fraction of sp³-hybridized carbons (Fsp3) is 0.462. The molecule has 0 aromatic heterocycles. The van der Waals surface area contributed by atoms with Crippen molar-refractivity contribution in [1.29, 1.82) is 0 Å². The minimum Gasteiger partial charge on any atom is -0.395 e. The van der Waals surface area contributed by atoms with Gasteiger partial charge in [0.05, 0.1) is 18.1 Å². The van der Waals surface area contributed by atoms with Gasteiger partial charge in [0.15, 0.2) is 0 Å². The Morgan fingerprint density at radius 1 is 1.45 bits per heavy atom. The summed E-state index contributed by atoms with van der Waals surface area (Å²) in [6.07, 6.45) is 0. The third kappa shape index (κ3) is 3.75. The van der Waals surface area contributed by atoms with E-state index in [9.17, 15) is 14.9 Å². The monoisotopic (exact) mass is 282 g/mol. The standard InChI is InChI=1S/C13H18N2O5/c1-10-11(4-3-5-12(10)15(18)19)13(17)14(6-8-16)7-9-20-2/h3-5,16H,6-9H2,1-2H3. The van der Waals surface area contributed by atoms with Crippen molar-refractivity contribution in [2.24, 2.45) is 0 Å². The van der Waals surface area contributed by atoms with Crippen molar-refractivity contribution < 1.29 is 19.6 Å². The normalized spacial score (nSPS) is 10.3. The van der Waals surface area contributed by atoms with Crippen LogP contribution < -0.4 is 0 Å². The van der Waals surface area contributed by atoms with E-state index in [1.807, 2.05) is 0 Å². The van der Waals surface area contributed by atoms with E-state index < -0.39 is 4.92 Å². The number of amides is 1. The molecule has 0 aliphatic rings. The zero-order chi connectivity index (χ0) is 15.1. The molecule has 7 nitrogen and oxygen atoms in total. The number of rotatable bonds is 7. The molecular weight excluding hydrogens is 264 g/mol. The van der Waals surface area contributed by atoms with Crippen LogP contribution in [0.15, 0.2) is 18.2 Å². The SMILES string of the molecule is COCCN(CCO)C(=O)c1cccc([N+](=O)[O-])c1C. The Kier molecular flexibility index (Phi) is 6.08. The number of nitrogens with zero attached hydrogens (tertiary/aromatic N) is 2. The topological polar surface area (TPSA) is 92.9 Å². The Morgan fingerprint density at radius 3 is 2.70 bits per heavy atom. The highest BCUT2D eigenvalue weighted by atomic mass is 16.6. The molecule has 0 unspecified atom stereocenters. The summed E-state index contributed by atoms with van der Waals surface area (Å²) in [6.45, 7) is 2.17. The molecule has 0 fully saturated rings. The number of methoxy groups -OCH3 is 1. The van der Waals surface area contributed by atoms with Gasteiger partial charge in [-0.15, -0.1) is 0 Å². The lowest BCUT2D eigenvalue weighted by Gasteiger charge is -2.22. The predicted molar refractivity (Wildman–Crippen MR) is 72.7 cm³/mol. The lowest BCUT2D eigenvalue weighted by atomic mass is 10.1. The average molecular weight is 282 g/mol. The fourth-order valence-corrected chi connectivity index (χ4v) is 1.86. The maximum Gasteiger partial charge on any atom is 0.273 e. The average Bonchev–Trinajstić information content (AvgIpc) is 2.42. The van der Waals surface area contributed by atoms with Crippen molar-refractivity contribution in [3.8, 4) is 0 Å². The Balaban J connectivity index is 3.05. The summed E-state index contributed by atoms with van der Waals surface area (Å²) in [5.41, 5.74) is 0.498. The third-order valence-electron chi connectivity index (χ3n) is 2.95. The summed E-state index contributed by atoms with van der Waals surface area (Å²) in [5, 5.41) is 19.9. The summed E-state index contributed by atoms with van der Waals surface area (Å²) in [4.78, 5) is 24.2. The van der Waals surface area contributed by atoms with Gasteiger partial charge in [0.2, 0.25) is 0 Å². The van der Waals surface area contributed by atoms with Crippen molar-refractivity contribution in [2.45, 2.75) is 6.92 Å². The summed E-state index contributed by atoms with van der Waals surface area (Å²) in [7, 11) is 1.51. The number of hydrogen-bond acceptors (Lipinski definition) is 5. The first-order valence-corrected chi connectivity index (χ1v) is 6.16. The number of carbonyl (C=O) groups excluding carboxylic acids is 1. The van der Waals surface area contributed by atoms with Crippen LogP contribution in [0.3, 0.4) is 0 Å². The summed E-state index contributed by atoms with van der Waals surface area (Å²) in [5.74, 6) is -0.350. The molecule has 0 spiro atoms.